The summed E-state index contributed by atoms with van der Waals surface area (Å²) in [6, 6.07) is 18.8. The van der Waals surface area contributed by atoms with Crippen LogP contribution in [0.5, 0.6) is 0 Å². The highest BCUT2D eigenvalue weighted by Crippen LogP contribution is 2.23. The molecular weight excluding hydrogens is 383 g/mol. The van der Waals surface area contributed by atoms with E-state index < -0.39 is 5.82 Å². The van der Waals surface area contributed by atoms with Gasteiger partial charge in [-0.25, -0.2) is 14.5 Å². The quantitative estimate of drug-likeness (QED) is 0.486. The van der Waals surface area contributed by atoms with Crippen LogP contribution in [0.4, 0.5) is 4.39 Å². The van der Waals surface area contributed by atoms with Crippen LogP contribution in [0.1, 0.15) is 11.3 Å². The summed E-state index contributed by atoms with van der Waals surface area (Å²) in [5.74, 6) is -0.142. The predicted molar refractivity (Wildman–Crippen MR) is 113 cm³/mol. The van der Waals surface area contributed by atoms with Gasteiger partial charge < -0.3 is 4.98 Å². The Kier molecular flexibility index (Phi) is 4.21. The van der Waals surface area contributed by atoms with Crippen molar-refractivity contribution in [1.82, 2.24) is 20.2 Å². The van der Waals surface area contributed by atoms with Crippen molar-refractivity contribution in [3.8, 4) is 11.4 Å². The number of nitrogens with zero attached hydrogens (tertiary/aromatic N) is 2. The number of nitrogens with one attached hydrogen (secondary N) is 2. The molecule has 0 aliphatic carbocycles. The molecule has 2 N–H and O–H groups in total. The van der Waals surface area contributed by atoms with E-state index in [1.165, 1.54) is 6.07 Å². The van der Waals surface area contributed by atoms with Gasteiger partial charge in [-0.15, -0.1) is 0 Å². The number of halogens is 1. The first-order valence-corrected chi connectivity index (χ1v) is 9.34. The molecule has 7 heteroatoms. The van der Waals surface area contributed by atoms with Gasteiger partial charge in [0, 0.05) is 17.4 Å². The molecule has 0 bridgehead atoms. The molecule has 2 aromatic heterocycles. The molecule has 6 nitrogen and oxygen atoms in total. The Morgan fingerprint density at radius 1 is 0.833 bits per heavy atom. The number of H-pyrrole nitrogens is 2. The van der Waals surface area contributed by atoms with Gasteiger partial charge in [-0.1, -0.05) is 42.5 Å². The van der Waals surface area contributed by atoms with Crippen molar-refractivity contribution < 1.29 is 4.39 Å². The number of aromatic amines is 2. The molecule has 0 atom stereocenters. The highest BCUT2D eigenvalue weighted by atomic mass is 19.1. The summed E-state index contributed by atoms with van der Waals surface area (Å²) in [6.07, 6.45) is 0.213. The smallest absolute Gasteiger partial charge is 0.272 e. The van der Waals surface area contributed by atoms with E-state index in [2.05, 4.69) is 20.2 Å². The fourth-order valence-electron chi connectivity index (χ4n) is 3.55. The third-order valence-corrected chi connectivity index (χ3v) is 5.07. The van der Waals surface area contributed by atoms with Crippen molar-refractivity contribution in [2.75, 3.05) is 0 Å². The van der Waals surface area contributed by atoms with Gasteiger partial charge in [-0.2, -0.15) is 5.10 Å². The van der Waals surface area contributed by atoms with Crippen LogP contribution in [0.3, 0.4) is 0 Å². The molecule has 0 saturated carbocycles. The monoisotopic (exact) mass is 398 g/mol. The summed E-state index contributed by atoms with van der Waals surface area (Å²) in [5, 5.41) is 8.25. The van der Waals surface area contributed by atoms with Gasteiger partial charge in [-0.05, 0) is 29.8 Å². The van der Waals surface area contributed by atoms with Crippen molar-refractivity contribution in [1.29, 1.82) is 0 Å². The predicted octanol–water partition coefficient (Wildman–Crippen LogP) is 3.56. The zero-order valence-corrected chi connectivity index (χ0v) is 15.6. The van der Waals surface area contributed by atoms with E-state index in [0.717, 1.165) is 0 Å². The first kappa shape index (κ1) is 17.9. The summed E-state index contributed by atoms with van der Waals surface area (Å²) < 4.78 is 14.9. The third-order valence-electron chi connectivity index (χ3n) is 5.07. The third kappa shape index (κ3) is 3.06. The number of rotatable bonds is 3. The summed E-state index contributed by atoms with van der Waals surface area (Å²) in [5.41, 5.74) is 1.46. The van der Waals surface area contributed by atoms with Gasteiger partial charge in [0.15, 0.2) is 0 Å². The first-order chi connectivity index (χ1) is 14.6. The minimum atomic E-state index is -0.444. The van der Waals surface area contributed by atoms with Crippen LogP contribution in [0.15, 0.2) is 76.3 Å². The highest BCUT2D eigenvalue weighted by molar-refractivity contribution is 5.83. The van der Waals surface area contributed by atoms with Crippen molar-refractivity contribution >= 4 is 21.7 Å². The molecule has 0 unspecified atom stereocenters. The number of benzene rings is 3. The topological polar surface area (TPSA) is 91.5 Å². The lowest BCUT2D eigenvalue weighted by Gasteiger charge is -2.08. The van der Waals surface area contributed by atoms with Gasteiger partial charge in [0.1, 0.15) is 11.6 Å². The van der Waals surface area contributed by atoms with E-state index in [1.807, 2.05) is 6.07 Å². The normalized spacial score (nSPS) is 11.2. The fourth-order valence-corrected chi connectivity index (χ4v) is 3.55. The molecule has 0 aliphatic rings. The first-order valence-electron chi connectivity index (χ1n) is 9.34. The molecule has 5 rings (SSSR count). The Hall–Kier alpha value is -4.13. The molecule has 2 heterocycles. The number of fused-ring (bicyclic) bond motifs is 2. The molecule has 0 saturated heterocycles. The van der Waals surface area contributed by atoms with Crippen LogP contribution in [0, 0.1) is 5.82 Å². The Labute approximate surface area is 169 Å². The molecule has 0 amide bonds. The van der Waals surface area contributed by atoms with Crippen LogP contribution < -0.4 is 11.1 Å². The van der Waals surface area contributed by atoms with Crippen LogP contribution >= 0.6 is 0 Å². The van der Waals surface area contributed by atoms with Gasteiger partial charge >= 0.3 is 0 Å². The lowest BCUT2D eigenvalue weighted by atomic mass is 10.0. The van der Waals surface area contributed by atoms with Gasteiger partial charge in [0.25, 0.3) is 11.1 Å². The zero-order chi connectivity index (χ0) is 20.7. The maximum Gasteiger partial charge on any atom is 0.272 e. The molecular formula is C23H15FN4O2. The summed E-state index contributed by atoms with van der Waals surface area (Å²) >= 11 is 0. The summed E-state index contributed by atoms with van der Waals surface area (Å²) in [7, 11) is 0. The molecule has 0 aliphatic heterocycles. The van der Waals surface area contributed by atoms with Gasteiger partial charge in [0.05, 0.1) is 22.0 Å². The molecule has 0 spiro atoms. The lowest BCUT2D eigenvalue weighted by Crippen LogP contribution is -2.11. The van der Waals surface area contributed by atoms with Crippen LogP contribution in [0.2, 0.25) is 0 Å². The Balaban J connectivity index is 1.54. The van der Waals surface area contributed by atoms with Crippen LogP contribution in [-0.2, 0) is 6.42 Å². The maximum atomic E-state index is 14.9. The van der Waals surface area contributed by atoms with Crippen molar-refractivity contribution in [2.45, 2.75) is 6.42 Å². The largest absolute Gasteiger partial charge is 0.306 e. The van der Waals surface area contributed by atoms with Gasteiger partial charge in [0.2, 0.25) is 0 Å². The van der Waals surface area contributed by atoms with E-state index in [-0.39, 0.29) is 17.5 Å². The second-order valence-corrected chi connectivity index (χ2v) is 6.96. The number of para-hydroxylation sites is 1. The van der Waals surface area contributed by atoms with Crippen LogP contribution in [0.25, 0.3) is 33.1 Å². The molecule has 0 radical (unpaired) electrons. The minimum absolute atomic E-state index is 0.213. The molecule has 146 valence electrons. The summed E-state index contributed by atoms with van der Waals surface area (Å²) in [6.45, 7) is 0. The molecule has 3 aromatic carbocycles. The number of aromatic nitrogens is 4. The summed E-state index contributed by atoms with van der Waals surface area (Å²) in [4.78, 5) is 31.4. The van der Waals surface area contributed by atoms with Crippen molar-refractivity contribution in [3.63, 3.8) is 0 Å². The number of hydrogen-bond acceptors (Lipinski definition) is 4. The Bertz CT molecular complexity index is 1540. The van der Waals surface area contributed by atoms with Crippen molar-refractivity contribution in [3.05, 3.63) is 105 Å². The second-order valence-electron chi connectivity index (χ2n) is 6.96. The molecule has 5 aromatic rings. The molecule has 0 fully saturated rings. The van der Waals surface area contributed by atoms with E-state index in [4.69, 9.17) is 0 Å². The Morgan fingerprint density at radius 2 is 1.57 bits per heavy atom. The minimum Gasteiger partial charge on any atom is -0.306 e. The Morgan fingerprint density at radius 3 is 2.37 bits per heavy atom. The van der Waals surface area contributed by atoms with E-state index >= 15 is 0 Å². The number of hydrogen-bond donors (Lipinski definition) is 2. The SMILES string of the molecule is O=c1[nH]c(-c2ccc(Cc3n[nH]c(=O)c4ccccc34)c(F)c2)nc2ccccc12. The van der Waals surface area contributed by atoms with E-state index in [9.17, 15) is 14.0 Å². The van der Waals surface area contributed by atoms with E-state index in [0.29, 0.717) is 44.3 Å². The lowest BCUT2D eigenvalue weighted by molar-refractivity contribution is 0.613. The highest BCUT2D eigenvalue weighted by Gasteiger charge is 2.12. The second kappa shape index (κ2) is 7.04. The van der Waals surface area contributed by atoms with E-state index in [1.54, 1.807) is 54.6 Å². The average Bonchev–Trinajstić information content (AvgIpc) is 2.77. The fraction of sp³-hybridized carbons (Fsp3) is 0.0435. The van der Waals surface area contributed by atoms with Crippen LogP contribution in [-0.4, -0.2) is 20.2 Å². The zero-order valence-electron chi connectivity index (χ0n) is 15.6. The molecule has 30 heavy (non-hydrogen) atoms. The van der Waals surface area contributed by atoms with Crippen molar-refractivity contribution in [2.24, 2.45) is 0 Å². The van der Waals surface area contributed by atoms with Gasteiger partial charge in [-0.3, -0.25) is 9.59 Å². The standard InChI is InChI=1S/C23H15FN4O2/c24-18-11-14(21-25-19-8-4-3-7-17(19)22(29)26-21)10-9-13(18)12-20-15-5-1-2-6-16(15)23(30)28-27-20/h1-11H,12H2,(H,28,30)(H,25,26,29). The average molecular weight is 398 g/mol. The maximum absolute atomic E-state index is 14.9.